The Kier molecular flexibility index (Phi) is 5.20. The Bertz CT molecular complexity index is 1170. The van der Waals surface area contributed by atoms with E-state index in [-0.39, 0.29) is 12.5 Å². The first kappa shape index (κ1) is 18.6. The molecule has 0 saturated heterocycles. The zero-order chi connectivity index (χ0) is 20.2. The van der Waals surface area contributed by atoms with Crippen LogP contribution in [0.1, 0.15) is 11.1 Å². The molecule has 5 nitrogen and oxygen atoms in total. The highest BCUT2D eigenvalue weighted by atomic mass is 16.5. The Morgan fingerprint density at radius 3 is 2.52 bits per heavy atom. The second kappa shape index (κ2) is 8.10. The van der Waals surface area contributed by atoms with Gasteiger partial charge in [0.25, 0.3) is 5.91 Å². The van der Waals surface area contributed by atoms with E-state index in [0.29, 0.717) is 5.75 Å². The minimum absolute atomic E-state index is 0.0531. The van der Waals surface area contributed by atoms with Crippen LogP contribution >= 0.6 is 0 Å². The summed E-state index contributed by atoms with van der Waals surface area (Å²) in [4.78, 5) is 21.3. The molecule has 0 atom stereocenters. The van der Waals surface area contributed by atoms with E-state index in [2.05, 4.69) is 15.3 Å². The molecule has 0 spiro atoms. The maximum atomic E-state index is 12.2. The van der Waals surface area contributed by atoms with Gasteiger partial charge in [0, 0.05) is 11.3 Å². The van der Waals surface area contributed by atoms with Crippen LogP contribution in [0.2, 0.25) is 0 Å². The number of hydrogen-bond acceptors (Lipinski definition) is 4. The number of para-hydroxylation sites is 2. The van der Waals surface area contributed by atoms with Gasteiger partial charge in [-0.25, -0.2) is 4.98 Å². The summed E-state index contributed by atoms with van der Waals surface area (Å²) < 4.78 is 5.62. The zero-order valence-electron chi connectivity index (χ0n) is 16.3. The number of amides is 1. The Morgan fingerprint density at radius 1 is 0.966 bits per heavy atom. The van der Waals surface area contributed by atoms with Gasteiger partial charge in [-0.05, 0) is 67.4 Å². The van der Waals surface area contributed by atoms with Crippen LogP contribution in [0, 0.1) is 13.8 Å². The number of fused-ring (bicyclic) bond motifs is 1. The van der Waals surface area contributed by atoms with E-state index in [4.69, 9.17) is 4.74 Å². The molecule has 4 rings (SSSR count). The van der Waals surface area contributed by atoms with E-state index in [0.717, 1.165) is 39.1 Å². The number of hydrogen-bond donors (Lipinski definition) is 1. The number of benzene rings is 3. The first-order valence-electron chi connectivity index (χ1n) is 9.40. The number of rotatable bonds is 5. The molecule has 0 radical (unpaired) electrons. The molecule has 0 saturated carbocycles. The molecule has 1 heterocycles. The summed E-state index contributed by atoms with van der Waals surface area (Å²) in [5, 5.41) is 2.89. The predicted octanol–water partition coefficient (Wildman–Crippen LogP) is 4.93. The topological polar surface area (TPSA) is 64.1 Å². The number of ether oxygens (including phenoxy) is 1. The van der Waals surface area contributed by atoms with Crippen molar-refractivity contribution in [2.45, 2.75) is 13.8 Å². The van der Waals surface area contributed by atoms with Gasteiger partial charge in [0.05, 0.1) is 22.9 Å². The van der Waals surface area contributed by atoms with Crippen LogP contribution in [0.4, 0.5) is 5.69 Å². The molecule has 144 valence electrons. The Balaban J connectivity index is 1.40. The molecule has 0 aliphatic rings. The van der Waals surface area contributed by atoms with Gasteiger partial charge in [-0.3, -0.25) is 9.78 Å². The molecule has 0 aliphatic heterocycles. The zero-order valence-corrected chi connectivity index (χ0v) is 16.3. The molecule has 1 aromatic heterocycles. The van der Waals surface area contributed by atoms with Crippen molar-refractivity contribution in [1.82, 2.24) is 9.97 Å². The van der Waals surface area contributed by atoms with Crippen LogP contribution in [0.15, 0.2) is 72.9 Å². The van der Waals surface area contributed by atoms with E-state index in [1.54, 1.807) is 6.20 Å². The quantitative estimate of drug-likeness (QED) is 0.531. The van der Waals surface area contributed by atoms with Crippen molar-refractivity contribution in [3.8, 4) is 17.0 Å². The third kappa shape index (κ3) is 4.41. The van der Waals surface area contributed by atoms with E-state index in [9.17, 15) is 4.79 Å². The summed E-state index contributed by atoms with van der Waals surface area (Å²) in [6.45, 7) is 3.90. The van der Waals surface area contributed by atoms with Gasteiger partial charge in [-0.2, -0.15) is 0 Å². The lowest BCUT2D eigenvalue weighted by Crippen LogP contribution is -2.20. The van der Waals surface area contributed by atoms with Crippen LogP contribution in [0.5, 0.6) is 5.75 Å². The van der Waals surface area contributed by atoms with Crippen molar-refractivity contribution in [2.75, 3.05) is 11.9 Å². The smallest absolute Gasteiger partial charge is 0.262 e. The number of nitrogens with zero attached hydrogens (tertiary/aromatic N) is 2. The minimum atomic E-state index is -0.192. The van der Waals surface area contributed by atoms with Crippen molar-refractivity contribution >= 4 is 22.6 Å². The molecular formula is C24H21N3O2. The number of nitrogens with one attached hydrogen (secondary N) is 1. The highest BCUT2D eigenvalue weighted by Gasteiger charge is 2.07. The average Bonchev–Trinajstić information content (AvgIpc) is 2.75. The van der Waals surface area contributed by atoms with Crippen LogP contribution in [0.25, 0.3) is 22.3 Å². The summed E-state index contributed by atoms with van der Waals surface area (Å²) in [6.07, 6.45) is 1.76. The molecule has 5 heteroatoms. The molecular weight excluding hydrogens is 362 g/mol. The number of aryl methyl sites for hydroxylation is 2. The molecule has 29 heavy (non-hydrogen) atoms. The van der Waals surface area contributed by atoms with E-state index in [1.807, 2.05) is 80.6 Å². The molecule has 3 aromatic carbocycles. The minimum Gasteiger partial charge on any atom is -0.484 e. The molecule has 1 amide bonds. The largest absolute Gasteiger partial charge is 0.484 e. The summed E-state index contributed by atoms with van der Waals surface area (Å²) in [5.41, 5.74) is 6.38. The third-order valence-electron chi connectivity index (χ3n) is 4.64. The second-order valence-corrected chi connectivity index (χ2v) is 6.92. The number of carbonyl (C=O) groups excluding carboxylic acids is 1. The van der Waals surface area contributed by atoms with E-state index < -0.39 is 0 Å². The lowest BCUT2D eigenvalue weighted by Gasteiger charge is -2.11. The first-order chi connectivity index (χ1) is 14.1. The van der Waals surface area contributed by atoms with Crippen molar-refractivity contribution in [1.29, 1.82) is 0 Å². The monoisotopic (exact) mass is 383 g/mol. The summed E-state index contributed by atoms with van der Waals surface area (Å²) in [5.74, 6) is 0.432. The van der Waals surface area contributed by atoms with Gasteiger partial charge >= 0.3 is 0 Å². The van der Waals surface area contributed by atoms with Crippen molar-refractivity contribution in [2.24, 2.45) is 0 Å². The fourth-order valence-electron chi connectivity index (χ4n) is 3.02. The SMILES string of the molecule is Cc1ccc(C)c(NC(=O)COc2ccc(-c3cnc4ccccc4n3)cc2)c1. The van der Waals surface area contributed by atoms with Gasteiger partial charge in [-0.15, -0.1) is 0 Å². The van der Waals surface area contributed by atoms with Crippen LogP contribution in [-0.4, -0.2) is 22.5 Å². The molecule has 0 bridgehead atoms. The van der Waals surface area contributed by atoms with Crippen molar-refractivity contribution in [3.63, 3.8) is 0 Å². The standard InChI is InChI=1S/C24H21N3O2/c1-16-7-8-17(2)22(13-16)27-24(28)15-29-19-11-9-18(10-12-19)23-14-25-20-5-3-4-6-21(20)26-23/h3-14H,15H2,1-2H3,(H,27,28). The fourth-order valence-corrected chi connectivity index (χ4v) is 3.02. The lowest BCUT2D eigenvalue weighted by atomic mass is 10.1. The van der Waals surface area contributed by atoms with Crippen molar-refractivity contribution < 1.29 is 9.53 Å². The van der Waals surface area contributed by atoms with Gasteiger partial charge in [0.15, 0.2) is 6.61 Å². The van der Waals surface area contributed by atoms with Crippen LogP contribution in [-0.2, 0) is 4.79 Å². The first-order valence-corrected chi connectivity index (χ1v) is 9.40. The van der Waals surface area contributed by atoms with Gasteiger partial charge in [-0.1, -0.05) is 24.3 Å². The number of aromatic nitrogens is 2. The van der Waals surface area contributed by atoms with Crippen molar-refractivity contribution in [3.05, 3.63) is 84.1 Å². The normalized spacial score (nSPS) is 10.7. The summed E-state index contributed by atoms with van der Waals surface area (Å²) in [7, 11) is 0. The maximum Gasteiger partial charge on any atom is 0.262 e. The number of anilines is 1. The highest BCUT2D eigenvalue weighted by molar-refractivity contribution is 5.92. The fraction of sp³-hybridized carbons (Fsp3) is 0.125. The van der Waals surface area contributed by atoms with Crippen LogP contribution < -0.4 is 10.1 Å². The second-order valence-electron chi connectivity index (χ2n) is 6.92. The van der Waals surface area contributed by atoms with Crippen LogP contribution in [0.3, 0.4) is 0 Å². The Labute approximate surface area is 169 Å². The Hall–Kier alpha value is -3.73. The third-order valence-corrected chi connectivity index (χ3v) is 4.64. The van der Waals surface area contributed by atoms with Gasteiger partial charge < -0.3 is 10.1 Å². The Morgan fingerprint density at radius 2 is 1.72 bits per heavy atom. The molecule has 0 fully saturated rings. The molecule has 1 N–H and O–H groups in total. The van der Waals surface area contributed by atoms with E-state index in [1.165, 1.54) is 0 Å². The van der Waals surface area contributed by atoms with Gasteiger partial charge in [0.2, 0.25) is 0 Å². The molecule has 0 aliphatic carbocycles. The number of carbonyl (C=O) groups is 1. The highest BCUT2D eigenvalue weighted by Crippen LogP contribution is 2.22. The van der Waals surface area contributed by atoms with Gasteiger partial charge in [0.1, 0.15) is 5.75 Å². The predicted molar refractivity (Wildman–Crippen MR) is 115 cm³/mol. The van der Waals surface area contributed by atoms with E-state index >= 15 is 0 Å². The lowest BCUT2D eigenvalue weighted by molar-refractivity contribution is -0.118. The maximum absolute atomic E-state index is 12.2. The summed E-state index contributed by atoms with van der Waals surface area (Å²) >= 11 is 0. The molecule has 4 aromatic rings. The summed E-state index contributed by atoms with van der Waals surface area (Å²) in [6, 6.07) is 21.2. The average molecular weight is 383 g/mol. The molecule has 0 unspecified atom stereocenters.